The van der Waals surface area contributed by atoms with E-state index >= 15 is 0 Å². The minimum atomic E-state index is 0.0106. The fourth-order valence-electron chi connectivity index (χ4n) is 2.33. The topological polar surface area (TPSA) is 59.8 Å². The summed E-state index contributed by atoms with van der Waals surface area (Å²) in [4.78, 5) is 13.3. The average molecular weight is 387 g/mol. The summed E-state index contributed by atoms with van der Waals surface area (Å²) in [5, 5.41) is 14.5. The number of nitrogens with zero attached hydrogens (tertiary/aromatic N) is 3. The summed E-state index contributed by atoms with van der Waals surface area (Å²) in [6.45, 7) is 6.21. The van der Waals surface area contributed by atoms with E-state index in [2.05, 4.69) is 29.4 Å². The summed E-state index contributed by atoms with van der Waals surface area (Å²) < 4.78 is 2.01. The van der Waals surface area contributed by atoms with Crippen molar-refractivity contribution in [3.63, 3.8) is 0 Å². The zero-order valence-electron chi connectivity index (χ0n) is 15.0. The van der Waals surface area contributed by atoms with Gasteiger partial charge < -0.3 is 5.32 Å². The van der Waals surface area contributed by atoms with Gasteiger partial charge in [0.15, 0.2) is 11.0 Å². The molecule has 136 valence electrons. The molecule has 0 fully saturated rings. The van der Waals surface area contributed by atoms with E-state index in [0.717, 1.165) is 16.4 Å². The first kappa shape index (κ1) is 18.7. The van der Waals surface area contributed by atoms with Crippen molar-refractivity contribution in [1.82, 2.24) is 20.1 Å². The maximum absolute atomic E-state index is 12.2. The highest BCUT2D eigenvalue weighted by molar-refractivity contribution is 7.99. The monoisotopic (exact) mass is 386 g/mol. The Morgan fingerprint density at radius 1 is 1.15 bits per heavy atom. The van der Waals surface area contributed by atoms with Crippen molar-refractivity contribution in [3.05, 3.63) is 47.8 Å². The van der Waals surface area contributed by atoms with Crippen LogP contribution in [0.1, 0.15) is 20.8 Å². The number of hydrogen-bond donors (Lipinski definition) is 1. The first-order chi connectivity index (χ1) is 12.6. The highest BCUT2D eigenvalue weighted by atomic mass is 32.2. The van der Waals surface area contributed by atoms with Gasteiger partial charge in [-0.25, -0.2) is 0 Å². The molecule has 5 nitrogen and oxygen atoms in total. The predicted octanol–water partition coefficient (Wildman–Crippen LogP) is 4.25. The molecule has 0 aliphatic carbocycles. The van der Waals surface area contributed by atoms with Crippen molar-refractivity contribution in [3.8, 4) is 16.4 Å². The summed E-state index contributed by atoms with van der Waals surface area (Å²) in [7, 11) is 0. The van der Waals surface area contributed by atoms with Crippen LogP contribution in [0.15, 0.2) is 53.0 Å². The van der Waals surface area contributed by atoms with E-state index in [4.69, 9.17) is 0 Å². The first-order valence-corrected chi connectivity index (χ1v) is 10.4. The average Bonchev–Trinajstić information content (AvgIpc) is 3.29. The number of nitrogens with one attached hydrogen (secondary N) is 1. The number of para-hydroxylation sites is 1. The van der Waals surface area contributed by atoms with Crippen LogP contribution in [0.4, 0.5) is 0 Å². The third-order valence-corrected chi connectivity index (χ3v) is 5.91. The number of hydrogen-bond acceptors (Lipinski definition) is 5. The molecular weight excluding hydrogens is 364 g/mol. The Balaban J connectivity index is 1.83. The van der Waals surface area contributed by atoms with E-state index in [1.807, 2.05) is 59.3 Å². The zero-order valence-corrected chi connectivity index (χ0v) is 16.7. The zero-order chi connectivity index (χ0) is 18.5. The number of aromatic nitrogens is 3. The molecule has 1 N–H and O–H groups in total. The maximum atomic E-state index is 12.2. The fraction of sp³-hybridized carbons (Fsp3) is 0.316. The molecule has 0 radical (unpaired) electrons. The van der Waals surface area contributed by atoms with E-state index in [-0.39, 0.29) is 11.9 Å². The molecule has 1 unspecified atom stereocenters. The lowest BCUT2D eigenvalue weighted by atomic mass is 10.1. The molecular formula is C19H22N4OS2. The van der Waals surface area contributed by atoms with E-state index in [1.54, 1.807) is 11.3 Å². The van der Waals surface area contributed by atoms with Crippen LogP contribution in [-0.2, 0) is 4.79 Å². The molecule has 1 aromatic carbocycles. The Kier molecular flexibility index (Phi) is 6.11. The van der Waals surface area contributed by atoms with E-state index < -0.39 is 0 Å². The van der Waals surface area contributed by atoms with Crippen molar-refractivity contribution < 1.29 is 4.79 Å². The molecule has 3 rings (SSSR count). The molecule has 1 atom stereocenters. The van der Waals surface area contributed by atoms with Crippen LogP contribution in [0.25, 0.3) is 16.4 Å². The van der Waals surface area contributed by atoms with Gasteiger partial charge in [0.2, 0.25) is 5.91 Å². The summed E-state index contributed by atoms with van der Waals surface area (Å²) in [5.74, 6) is 1.52. The van der Waals surface area contributed by atoms with Gasteiger partial charge in [-0.1, -0.05) is 49.9 Å². The molecule has 0 bridgehead atoms. The number of carbonyl (C=O) groups excluding carboxylic acids is 1. The number of rotatable bonds is 7. The van der Waals surface area contributed by atoms with Crippen LogP contribution in [-0.4, -0.2) is 32.5 Å². The van der Waals surface area contributed by atoms with Gasteiger partial charge in [-0.05, 0) is 36.4 Å². The predicted molar refractivity (Wildman–Crippen MR) is 108 cm³/mol. The standard InChI is InChI=1S/C19H22N4OS2/c1-13(2)14(3)20-17(24)12-26-19-22-21-18(16-10-7-11-25-16)23(19)15-8-5-4-6-9-15/h4-11,13-14H,12H2,1-3H3,(H,20,24). The largest absolute Gasteiger partial charge is 0.353 e. The smallest absolute Gasteiger partial charge is 0.230 e. The molecule has 1 amide bonds. The molecule has 3 aromatic rings. The number of amides is 1. The molecule has 0 saturated carbocycles. The number of thioether (sulfide) groups is 1. The lowest BCUT2D eigenvalue weighted by molar-refractivity contribution is -0.119. The molecule has 0 saturated heterocycles. The van der Waals surface area contributed by atoms with Gasteiger partial charge in [-0.2, -0.15) is 0 Å². The second-order valence-corrected chi connectivity index (χ2v) is 8.23. The maximum Gasteiger partial charge on any atom is 0.230 e. The van der Waals surface area contributed by atoms with Crippen molar-refractivity contribution in [2.24, 2.45) is 5.92 Å². The fourth-order valence-corrected chi connectivity index (χ4v) is 3.79. The van der Waals surface area contributed by atoms with E-state index in [9.17, 15) is 4.79 Å². The Hall–Kier alpha value is -2.12. The van der Waals surface area contributed by atoms with Gasteiger partial charge in [0.25, 0.3) is 0 Å². The van der Waals surface area contributed by atoms with Gasteiger partial charge in [0, 0.05) is 11.7 Å². The van der Waals surface area contributed by atoms with Gasteiger partial charge in [0.1, 0.15) is 0 Å². The van der Waals surface area contributed by atoms with Crippen LogP contribution in [0.5, 0.6) is 0 Å². The van der Waals surface area contributed by atoms with Gasteiger partial charge in [-0.15, -0.1) is 21.5 Å². The third-order valence-electron chi connectivity index (χ3n) is 4.11. The van der Waals surface area contributed by atoms with Crippen LogP contribution in [0.3, 0.4) is 0 Å². The summed E-state index contributed by atoms with van der Waals surface area (Å²) >= 11 is 3.03. The van der Waals surface area contributed by atoms with Crippen LogP contribution in [0, 0.1) is 5.92 Å². The highest BCUT2D eigenvalue weighted by Gasteiger charge is 2.18. The van der Waals surface area contributed by atoms with E-state index in [0.29, 0.717) is 16.8 Å². The van der Waals surface area contributed by atoms with Crippen LogP contribution >= 0.6 is 23.1 Å². The lowest BCUT2D eigenvalue weighted by Gasteiger charge is -2.17. The van der Waals surface area contributed by atoms with Crippen molar-refractivity contribution in [2.75, 3.05) is 5.75 Å². The quantitative estimate of drug-likeness (QED) is 0.617. The molecule has 0 aliphatic heterocycles. The Morgan fingerprint density at radius 3 is 2.58 bits per heavy atom. The highest BCUT2D eigenvalue weighted by Crippen LogP contribution is 2.30. The SMILES string of the molecule is CC(C)C(C)NC(=O)CSc1nnc(-c2cccs2)n1-c1ccccc1. The minimum absolute atomic E-state index is 0.0106. The van der Waals surface area contributed by atoms with Crippen LogP contribution < -0.4 is 5.32 Å². The Labute approximate surface area is 161 Å². The summed E-state index contributed by atoms with van der Waals surface area (Å²) in [6, 6.07) is 14.2. The third kappa shape index (κ3) is 4.34. The first-order valence-electron chi connectivity index (χ1n) is 8.53. The normalized spacial score (nSPS) is 12.3. The number of carbonyl (C=O) groups is 1. The second-order valence-electron chi connectivity index (χ2n) is 6.34. The van der Waals surface area contributed by atoms with Crippen molar-refractivity contribution in [2.45, 2.75) is 32.0 Å². The Bertz CT molecular complexity index is 844. The number of thiophene rings is 1. The number of benzene rings is 1. The van der Waals surface area contributed by atoms with Gasteiger partial charge >= 0.3 is 0 Å². The Morgan fingerprint density at radius 2 is 1.92 bits per heavy atom. The van der Waals surface area contributed by atoms with Crippen molar-refractivity contribution in [1.29, 1.82) is 0 Å². The summed E-state index contributed by atoms with van der Waals surface area (Å²) in [5.41, 5.74) is 0.986. The van der Waals surface area contributed by atoms with Gasteiger partial charge in [0.05, 0.1) is 10.6 Å². The molecule has 2 aromatic heterocycles. The molecule has 7 heteroatoms. The molecule has 26 heavy (non-hydrogen) atoms. The van der Waals surface area contributed by atoms with Crippen molar-refractivity contribution >= 4 is 29.0 Å². The summed E-state index contributed by atoms with van der Waals surface area (Å²) in [6.07, 6.45) is 0. The molecule has 2 heterocycles. The molecule has 0 spiro atoms. The minimum Gasteiger partial charge on any atom is -0.353 e. The second kappa shape index (κ2) is 8.51. The lowest BCUT2D eigenvalue weighted by Crippen LogP contribution is -2.37. The van der Waals surface area contributed by atoms with Gasteiger partial charge in [-0.3, -0.25) is 9.36 Å². The molecule has 0 aliphatic rings. The van der Waals surface area contributed by atoms with Crippen LogP contribution in [0.2, 0.25) is 0 Å². The van der Waals surface area contributed by atoms with E-state index in [1.165, 1.54) is 11.8 Å².